The van der Waals surface area contributed by atoms with Gasteiger partial charge in [-0.1, -0.05) is 18.2 Å². The number of rotatable bonds is 4. The van der Waals surface area contributed by atoms with E-state index < -0.39 is 5.92 Å². The first-order valence-corrected chi connectivity index (χ1v) is 9.41. The van der Waals surface area contributed by atoms with Crippen LogP contribution < -0.4 is 10.6 Å². The SMILES string of the molecule is CSc1ccc(C)c(NC(=O)C2=CNC(=O)C[C@H]2c2ccc(F)cc2)c1. The summed E-state index contributed by atoms with van der Waals surface area (Å²) in [7, 11) is 0. The Kier molecular flexibility index (Phi) is 5.42. The summed E-state index contributed by atoms with van der Waals surface area (Å²) < 4.78 is 13.2. The normalized spacial score (nSPS) is 16.7. The molecule has 3 rings (SSSR count). The minimum Gasteiger partial charge on any atom is -0.332 e. The molecule has 2 N–H and O–H groups in total. The fraction of sp³-hybridized carbons (Fsp3) is 0.200. The lowest BCUT2D eigenvalue weighted by molar-refractivity contribution is -0.121. The summed E-state index contributed by atoms with van der Waals surface area (Å²) >= 11 is 1.59. The highest BCUT2D eigenvalue weighted by Gasteiger charge is 2.29. The number of benzene rings is 2. The Hall–Kier alpha value is -2.60. The maximum Gasteiger partial charge on any atom is 0.253 e. The van der Waals surface area contributed by atoms with Crippen LogP contribution in [0.2, 0.25) is 0 Å². The molecule has 0 fully saturated rings. The lowest BCUT2D eigenvalue weighted by Crippen LogP contribution is -2.32. The fourth-order valence-electron chi connectivity index (χ4n) is 2.89. The van der Waals surface area contributed by atoms with Crippen LogP contribution in [0.15, 0.2) is 59.1 Å². The van der Waals surface area contributed by atoms with E-state index in [0.717, 1.165) is 21.7 Å². The van der Waals surface area contributed by atoms with Crippen LogP contribution in [0.4, 0.5) is 10.1 Å². The predicted octanol–water partition coefficient (Wildman–Crippen LogP) is 3.98. The maximum atomic E-state index is 13.2. The van der Waals surface area contributed by atoms with Gasteiger partial charge >= 0.3 is 0 Å². The lowest BCUT2D eigenvalue weighted by atomic mass is 9.86. The van der Waals surface area contributed by atoms with E-state index in [-0.39, 0.29) is 24.1 Å². The van der Waals surface area contributed by atoms with Gasteiger partial charge in [0.15, 0.2) is 0 Å². The molecule has 0 radical (unpaired) electrons. The van der Waals surface area contributed by atoms with Crippen molar-refractivity contribution in [3.8, 4) is 0 Å². The van der Waals surface area contributed by atoms with E-state index >= 15 is 0 Å². The average molecular weight is 370 g/mol. The first kappa shape index (κ1) is 18.2. The molecule has 0 bridgehead atoms. The van der Waals surface area contributed by atoms with Gasteiger partial charge in [0.2, 0.25) is 5.91 Å². The highest BCUT2D eigenvalue weighted by molar-refractivity contribution is 7.98. The molecule has 1 heterocycles. The number of halogens is 1. The molecule has 0 spiro atoms. The highest BCUT2D eigenvalue weighted by Crippen LogP contribution is 2.32. The molecule has 0 aliphatic carbocycles. The fourth-order valence-corrected chi connectivity index (χ4v) is 3.33. The minimum atomic E-state index is -0.409. The molecule has 2 amide bonds. The van der Waals surface area contributed by atoms with Crippen LogP contribution in [-0.4, -0.2) is 18.1 Å². The molecule has 4 nitrogen and oxygen atoms in total. The van der Waals surface area contributed by atoms with Crippen LogP contribution in [0.3, 0.4) is 0 Å². The molecule has 0 saturated carbocycles. The zero-order valence-corrected chi connectivity index (χ0v) is 15.3. The number of hydrogen-bond donors (Lipinski definition) is 2. The van der Waals surface area contributed by atoms with Gasteiger partial charge in [0.05, 0.1) is 0 Å². The van der Waals surface area contributed by atoms with E-state index in [1.807, 2.05) is 31.4 Å². The third-order valence-corrected chi connectivity index (χ3v) is 5.11. The summed E-state index contributed by atoms with van der Waals surface area (Å²) in [5.74, 6) is -1.21. The van der Waals surface area contributed by atoms with Gasteiger partial charge in [0.1, 0.15) is 5.82 Å². The number of nitrogens with one attached hydrogen (secondary N) is 2. The minimum absolute atomic E-state index is 0.148. The van der Waals surface area contributed by atoms with Crippen LogP contribution in [0.5, 0.6) is 0 Å². The van der Waals surface area contributed by atoms with Crippen LogP contribution in [0.25, 0.3) is 0 Å². The molecule has 0 saturated heterocycles. The molecular formula is C20H19FN2O2S. The Bertz CT molecular complexity index is 878. The van der Waals surface area contributed by atoms with Gasteiger partial charge in [-0.25, -0.2) is 4.39 Å². The average Bonchev–Trinajstić information content (AvgIpc) is 2.64. The second-order valence-corrected chi connectivity index (χ2v) is 6.99. The van der Waals surface area contributed by atoms with Gasteiger partial charge in [-0.15, -0.1) is 11.8 Å². The molecule has 2 aromatic carbocycles. The van der Waals surface area contributed by atoms with Gasteiger partial charge in [0.25, 0.3) is 5.91 Å². The molecule has 6 heteroatoms. The summed E-state index contributed by atoms with van der Waals surface area (Å²) in [6.45, 7) is 1.92. The smallest absolute Gasteiger partial charge is 0.253 e. The quantitative estimate of drug-likeness (QED) is 0.801. The Morgan fingerprint density at radius 2 is 1.96 bits per heavy atom. The molecule has 0 aromatic heterocycles. The number of hydrogen-bond acceptors (Lipinski definition) is 3. The zero-order chi connectivity index (χ0) is 18.7. The lowest BCUT2D eigenvalue weighted by Gasteiger charge is -2.24. The molecular weight excluding hydrogens is 351 g/mol. The van der Waals surface area contributed by atoms with Gasteiger partial charge in [0, 0.05) is 34.7 Å². The van der Waals surface area contributed by atoms with Gasteiger partial charge in [-0.2, -0.15) is 0 Å². The molecule has 134 valence electrons. The third-order valence-electron chi connectivity index (χ3n) is 4.38. The molecule has 2 aromatic rings. The van der Waals surface area contributed by atoms with Gasteiger partial charge < -0.3 is 10.6 Å². The van der Waals surface area contributed by atoms with E-state index in [9.17, 15) is 14.0 Å². The summed E-state index contributed by atoms with van der Waals surface area (Å²) in [5.41, 5.74) is 2.87. The molecule has 26 heavy (non-hydrogen) atoms. The van der Waals surface area contributed by atoms with Crippen molar-refractivity contribution in [3.63, 3.8) is 0 Å². The van der Waals surface area contributed by atoms with Crippen molar-refractivity contribution in [3.05, 3.63) is 71.2 Å². The monoisotopic (exact) mass is 370 g/mol. The van der Waals surface area contributed by atoms with Crippen molar-refractivity contribution >= 4 is 29.3 Å². The summed E-state index contributed by atoms with van der Waals surface area (Å²) in [6.07, 6.45) is 3.57. The van der Waals surface area contributed by atoms with Crippen molar-refractivity contribution < 1.29 is 14.0 Å². The Labute approximate surface area is 155 Å². The number of anilines is 1. The Morgan fingerprint density at radius 1 is 1.23 bits per heavy atom. The van der Waals surface area contributed by atoms with Crippen molar-refractivity contribution in [2.45, 2.75) is 24.2 Å². The molecule has 0 unspecified atom stereocenters. The second kappa shape index (κ2) is 7.74. The largest absolute Gasteiger partial charge is 0.332 e. The van der Waals surface area contributed by atoms with Crippen molar-refractivity contribution in [1.29, 1.82) is 0 Å². The van der Waals surface area contributed by atoms with Crippen LogP contribution in [-0.2, 0) is 9.59 Å². The first-order valence-electron chi connectivity index (χ1n) is 8.19. The number of thioether (sulfide) groups is 1. The van der Waals surface area contributed by atoms with Crippen molar-refractivity contribution in [2.75, 3.05) is 11.6 Å². The van der Waals surface area contributed by atoms with E-state index in [1.165, 1.54) is 18.3 Å². The highest BCUT2D eigenvalue weighted by atomic mass is 32.2. The summed E-state index contributed by atoms with van der Waals surface area (Å²) in [4.78, 5) is 25.7. The molecule has 1 aliphatic heterocycles. The van der Waals surface area contributed by atoms with E-state index in [0.29, 0.717) is 5.57 Å². The van der Waals surface area contributed by atoms with Crippen molar-refractivity contribution in [2.24, 2.45) is 0 Å². The van der Waals surface area contributed by atoms with E-state index in [1.54, 1.807) is 23.9 Å². The summed E-state index contributed by atoms with van der Waals surface area (Å²) in [6, 6.07) is 11.8. The second-order valence-electron chi connectivity index (χ2n) is 6.11. The molecule has 1 aliphatic rings. The number of aryl methyl sites for hydroxylation is 1. The number of amides is 2. The van der Waals surface area contributed by atoms with Gasteiger partial charge in [-0.3, -0.25) is 9.59 Å². The number of carbonyl (C=O) groups excluding carboxylic acids is 2. The van der Waals surface area contributed by atoms with Crippen LogP contribution in [0.1, 0.15) is 23.5 Å². The summed E-state index contributed by atoms with van der Waals surface area (Å²) in [5, 5.41) is 5.54. The Morgan fingerprint density at radius 3 is 2.65 bits per heavy atom. The Balaban J connectivity index is 1.88. The zero-order valence-electron chi connectivity index (χ0n) is 14.5. The van der Waals surface area contributed by atoms with E-state index in [4.69, 9.17) is 0 Å². The van der Waals surface area contributed by atoms with Crippen molar-refractivity contribution in [1.82, 2.24) is 5.32 Å². The topological polar surface area (TPSA) is 58.2 Å². The standard InChI is InChI=1S/C20H19FN2O2S/c1-12-3-8-15(26-2)9-18(12)23-20(25)17-11-22-19(24)10-16(17)13-4-6-14(21)7-5-13/h3-9,11,16H,10H2,1-2H3,(H,22,24)(H,23,25)/t16-/m0/s1. The van der Waals surface area contributed by atoms with E-state index in [2.05, 4.69) is 10.6 Å². The van der Waals surface area contributed by atoms with Crippen LogP contribution >= 0.6 is 11.8 Å². The van der Waals surface area contributed by atoms with Gasteiger partial charge in [-0.05, 0) is 48.6 Å². The number of carbonyl (C=O) groups is 2. The van der Waals surface area contributed by atoms with Crippen LogP contribution in [0, 0.1) is 12.7 Å². The predicted molar refractivity (Wildman–Crippen MR) is 102 cm³/mol. The first-order chi connectivity index (χ1) is 12.5. The third kappa shape index (κ3) is 3.96. The maximum absolute atomic E-state index is 13.2. The molecule has 1 atom stereocenters.